The maximum absolute atomic E-state index is 13.3. The van der Waals surface area contributed by atoms with Crippen LogP contribution in [0.15, 0.2) is 18.2 Å². The lowest BCUT2D eigenvalue weighted by Crippen LogP contribution is -2.18. The number of imidazole rings is 1. The van der Waals surface area contributed by atoms with Gasteiger partial charge in [-0.3, -0.25) is 0 Å². The van der Waals surface area contributed by atoms with Crippen LogP contribution in [0.1, 0.15) is 19.4 Å². The number of benzene rings is 1. The molecule has 1 saturated heterocycles. The molecule has 0 saturated carbocycles. The summed E-state index contributed by atoms with van der Waals surface area (Å²) in [5, 5.41) is 0. The van der Waals surface area contributed by atoms with E-state index < -0.39 is 0 Å². The van der Waals surface area contributed by atoms with Gasteiger partial charge in [0.2, 0.25) is 5.95 Å². The molecule has 2 heterocycles. The van der Waals surface area contributed by atoms with Gasteiger partial charge in [0.05, 0.1) is 23.2 Å². The third kappa shape index (κ3) is 1.58. The Hall–Kier alpha value is -1.62. The minimum atomic E-state index is -0.273. The molecule has 1 aromatic heterocycles. The molecular formula is C12H14FN3O. The second-order valence-corrected chi connectivity index (χ2v) is 4.40. The fourth-order valence-corrected chi connectivity index (χ4v) is 2.49. The summed E-state index contributed by atoms with van der Waals surface area (Å²) in [4.78, 5) is 4.25. The van der Waals surface area contributed by atoms with Crippen molar-refractivity contribution in [3.8, 4) is 0 Å². The van der Waals surface area contributed by atoms with Crippen LogP contribution in [-0.4, -0.2) is 22.3 Å². The van der Waals surface area contributed by atoms with Crippen LogP contribution >= 0.6 is 0 Å². The predicted octanol–water partition coefficient (Wildman–Crippen LogP) is 2.11. The lowest BCUT2D eigenvalue weighted by Gasteiger charge is -2.18. The minimum Gasteiger partial charge on any atom is -0.376 e. The number of nitrogen functional groups attached to an aromatic ring is 1. The molecule has 1 aliphatic rings. The van der Waals surface area contributed by atoms with Gasteiger partial charge in [-0.05, 0) is 31.5 Å². The van der Waals surface area contributed by atoms with E-state index in [1.54, 1.807) is 6.07 Å². The summed E-state index contributed by atoms with van der Waals surface area (Å²) < 4.78 is 20.7. The molecule has 2 aromatic rings. The monoisotopic (exact) mass is 235 g/mol. The summed E-state index contributed by atoms with van der Waals surface area (Å²) in [6, 6.07) is 4.66. The first-order chi connectivity index (χ1) is 8.16. The molecule has 5 heteroatoms. The SMILES string of the molecule is CC1OCCC1n1c(N)nc2ccc(F)cc21. The Kier molecular flexibility index (Phi) is 2.29. The van der Waals surface area contributed by atoms with E-state index in [2.05, 4.69) is 4.98 Å². The Morgan fingerprint density at radius 1 is 1.53 bits per heavy atom. The summed E-state index contributed by atoms with van der Waals surface area (Å²) in [7, 11) is 0. The predicted molar refractivity (Wildman–Crippen MR) is 63.2 cm³/mol. The number of anilines is 1. The second-order valence-electron chi connectivity index (χ2n) is 4.40. The maximum Gasteiger partial charge on any atom is 0.201 e. The number of hydrogen-bond acceptors (Lipinski definition) is 3. The van der Waals surface area contributed by atoms with Gasteiger partial charge in [0.25, 0.3) is 0 Å². The Labute approximate surface area is 98.2 Å². The topological polar surface area (TPSA) is 53.1 Å². The van der Waals surface area contributed by atoms with Crippen LogP contribution in [0.4, 0.5) is 10.3 Å². The lowest BCUT2D eigenvalue weighted by molar-refractivity contribution is 0.109. The number of nitrogens with two attached hydrogens (primary N) is 1. The first kappa shape index (κ1) is 10.5. The Morgan fingerprint density at radius 3 is 3.06 bits per heavy atom. The number of fused-ring (bicyclic) bond motifs is 1. The summed E-state index contributed by atoms with van der Waals surface area (Å²) in [5.74, 6) is 0.151. The quantitative estimate of drug-likeness (QED) is 0.823. The molecule has 1 aromatic carbocycles. The molecule has 0 aliphatic carbocycles. The highest BCUT2D eigenvalue weighted by Crippen LogP contribution is 2.32. The summed E-state index contributed by atoms with van der Waals surface area (Å²) in [6.45, 7) is 2.71. The van der Waals surface area contributed by atoms with Gasteiger partial charge in [-0.15, -0.1) is 0 Å². The third-order valence-corrected chi connectivity index (χ3v) is 3.35. The average Bonchev–Trinajstić information content (AvgIpc) is 2.81. The maximum atomic E-state index is 13.3. The van der Waals surface area contributed by atoms with Crippen molar-refractivity contribution >= 4 is 17.0 Å². The summed E-state index contributed by atoms with van der Waals surface area (Å²) in [5.41, 5.74) is 7.38. The van der Waals surface area contributed by atoms with Gasteiger partial charge >= 0.3 is 0 Å². The molecule has 1 aliphatic heterocycles. The Morgan fingerprint density at radius 2 is 2.35 bits per heavy atom. The molecule has 90 valence electrons. The highest BCUT2D eigenvalue weighted by molar-refractivity contribution is 5.78. The third-order valence-electron chi connectivity index (χ3n) is 3.35. The van der Waals surface area contributed by atoms with Crippen LogP contribution in [0.2, 0.25) is 0 Å². The minimum absolute atomic E-state index is 0.0815. The first-order valence-electron chi connectivity index (χ1n) is 5.71. The average molecular weight is 235 g/mol. The van der Waals surface area contributed by atoms with E-state index in [0.29, 0.717) is 12.6 Å². The highest BCUT2D eigenvalue weighted by Gasteiger charge is 2.28. The number of nitrogens with zero attached hydrogens (tertiary/aromatic N) is 2. The molecule has 2 N–H and O–H groups in total. The van der Waals surface area contributed by atoms with Crippen LogP contribution in [0, 0.1) is 5.82 Å². The normalized spacial score (nSPS) is 24.6. The van der Waals surface area contributed by atoms with Gasteiger partial charge in [-0.1, -0.05) is 0 Å². The van der Waals surface area contributed by atoms with Crippen molar-refractivity contribution in [2.75, 3.05) is 12.3 Å². The molecule has 1 fully saturated rings. The number of hydrogen-bond donors (Lipinski definition) is 1. The van der Waals surface area contributed by atoms with Gasteiger partial charge in [-0.25, -0.2) is 9.37 Å². The molecular weight excluding hydrogens is 221 g/mol. The van der Waals surface area contributed by atoms with E-state index in [1.165, 1.54) is 12.1 Å². The lowest BCUT2D eigenvalue weighted by atomic mass is 10.1. The van der Waals surface area contributed by atoms with E-state index in [9.17, 15) is 4.39 Å². The molecule has 0 radical (unpaired) electrons. The van der Waals surface area contributed by atoms with Gasteiger partial charge < -0.3 is 15.0 Å². The smallest absolute Gasteiger partial charge is 0.201 e. The fraction of sp³-hybridized carbons (Fsp3) is 0.417. The van der Waals surface area contributed by atoms with Crippen LogP contribution < -0.4 is 5.73 Å². The van der Waals surface area contributed by atoms with E-state index >= 15 is 0 Å². The van der Waals surface area contributed by atoms with Crippen molar-refractivity contribution in [1.82, 2.24) is 9.55 Å². The van der Waals surface area contributed by atoms with Crippen LogP contribution in [0.3, 0.4) is 0 Å². The molecule has 3 rings (SSSR count). The van der Waals surface area contributed by atoms with Crippen molar-refractivity contribution in [3.05, 3.63) is 24.0 Å². The van der Waals surface area contributed by atoms with Crippen LogP contribution in [0.5, 0.6) is 0 Å². The summed E-state index contributed by atoms with van der Waals surface area (Å²) in [6.07, 6.45) is 0.964. The van der Waals surface area contributed by atoms with E-state index in [-0.39, 0.29) is 18.0 Å². The molecule has 2 unspecified atom stereocenters. The molecule has 0 amide bonds. The molecule has 0 bridgehead atoms. The Bertz CT molecular complexity index is 566. The second kappa shape index (κ2) is 3.70. The molecule has 2 atom stereocenters. The van der Waals surface area contributed by atoms with Gasteiger partial charge in [0.15, 0.2) is 0 Å². The molecule has 17 heavy (non-hydrogen) atoms. The zero-order valence-corrected chi connectivity index (χ0v) is 9.56. The van der Waals surface area contributed by atoms with E-state index in [0.717, 1.165) is 17.5 Å². The zero-order chi connectivity index (χ0) is 12.0. The molecule has 0 spiro atoms. The number of aromatic nitrogens is 2. The summed E-state index contributed by atoms with van der Waals surface area (Å²) >= 11 is 0. The van der Waals surface area contributed by atoms with E-state index in [4.69, 9.17) is 10.5 Å². The van der Waals surface area contributed by atoms with Gasteiger partial charge in [-0.2, -0.15) is 0 Å². The number of halogens is 1. The van der Waals surface area contributed by atoms with Crippen molar-refractivity contribution in [1.29, 1.82) is 0 Å². The van der Waals surface area contributed by atoms with Crippen molar-refractivity contribution in [3.63, 3.8) is 0 Å². The fourth-order valence-electron chi connectivity index (χ4n) is 2.49. The molecule has 4 nitrogen and oxygen atoms in total. The van der Waals surface area contributed by atoms with E-state index in [1.807, 2.05) is 11.5 Å². The standard InChI is InChI=1S/C12H14FN3O/c1-7-10(4-5-17-7)16-11-6-8(13)2-3-9(11)15-12(16)14/h2-3,6-7,10H,4-5H2,1H3,(H2,14,15). The number of rotatable bonds is 1. The van der Waals surface area contributed by atoms with Gasteiger partial charge in [0.1, 0.15) is 5.82 Å². The van der Waals surface area contributed by atoms with Crippen LogP contribution in [-0.2, 0) is 4.74 Å². The van der Waals surface area contributed by atoms with Crippen LogP contribution in [0.25, 0.3) is 11.0 Å². The highest BCUT2D eigenvalue weighted by atomic mass is 19.1. The van der Waals surface area contributed by atoms with Crippen molar-refractivity contribution in [2.45, 2.75) is 25.5 Å². The largest absolute Gasteiger partial charge is 0.376 e. The zero-order valence-electron chi connectivity index (χ0n) is 9.56. The van der Waals surface area contributed by atoms with Crippen molar-refractivity contribution in [2.24, 2.45) is 0 Å². The Balaban J connectivity index is 2.20. The first-order valence-corrected chi connectivity index (χ1v) is 5.71. The number of ether oxygens (including phenoxy) is 1. The van der Waals surface area contributed by atoms with Gasteiger partial charge in [0, 0.05) is 6.61 Å². The van der Waals surface area contributed by atoms with Crippen molar-refractivity contribution < 1.29 is 9.13 Å².